The van der Waals surface area contributed by atoms with E-state index in [0.717, 1.165) is 16.6 Å². The maximum absolute atomic E-state index is 13.1. The van der Waals surface area contributed by atoms with Crippen LogP contribution in [-0.2, 0) is 7.05 Å². The van der Waals surface area contributed by atoms with Crippen LogP contribution in [0.25, 0.3) is 22.4 Å². The number of nitrogens with two attached hydrogens (primary N) is 1. The number of amides is 1. The first-order valence-corrected chi connectivity index (χ1v) is 10.2. The zero-order valence-corrected chi connectivity index (χ0v) is 18.5. The lowest BCUT2D eigenvalue weighted by atomic mass is 10.2. The van der Waals surface area contributed by atoms with Crippen molar-refractivity contribution in [3.8, 4) is 5.69 Å². The van der Waals surface area contributed by atoms with Crippen LogP contribution >= 0.6 is 0 Å². The Bertz CT molecular complexity index is 1630. The minimum atomic E-state index is -0.659. The Morgan fingerprint density at radius 1 is 1.09 bits per heavy atom. The molecule has 0 aliphatic carbocycles. The molecule has 5 aromatic rings. The van der Waals surface area contributed by atoms with Crippen molar-refractivity contribution in [3.63, 3.8) is 0 Å². The van der Waals surface area contributed by atoms with Crippen LogP contribution < -0.4 is 16.6 Å². The van der Waals surface area contributed by atoms with Crippen LogP contribution in [0.3, 0.4) is 0 Å². The third-order valence-electron chi connectivity index (χ3n) is 5.67. The van der Waals surface area contributed by atoms with Gasteiger partial charge in [-0.15, -0.1) is 15.3 Å². The van der Waals surface area contributed by atoms with Gasteiger partial charge in [0, 0.05) is 12.7 Å². The van der Waals surface area contributed by atoms with E-state index < -0.39 is 5.91 Å². The summed E-state index contributed by atoms with van der Waals surface area (Å²) in [7, 11) is 1.74. The van der Waals surface area contributed by atoms with Crippen molar-refractivity contribution in [3.05, 3.63) is 69.4 Å². The Labute approximate surface area is 187 Å². The molecule has 4 aromatic heterocycles. The molecule has 166 valence electrons. The van der Waals surface area contributed by atoms with Gasteiger partial charge in [0.1, 0.15) is 5.69 Å². The van der Waals surface area contributed by atoms with Crippen molar-refractivity contribution in [2.24, 2.45) is 7.05 Å². The number of rotatable bonds is 3. The summed E-state index contributed by atoms with van der Waals surface area (Å²) in [5, 5.41) is 16.0. The summed E-state index contributed by atoms with van der Waals surface area (Å²) in [6, 6.07) is 11.1. The molecule has 0 aliphatic heterocycles. The third kappa shape index (κ3) is 3.04. The Kier molecular flexibility index (Phi) is 4.48. The SMILES string of the molecule is Cc1cc(C)c2c(n1)nn1c(N)c(C(=O)Nc3c(C)n(C)n(-c4ccccc4)c3=O)nnc21. The number of nitrogens with one attached hydrogen (secondary N) is 1. The molecule has 0 unspecified atom stereocenters. The van der Waals surface area contributed by atoms with E-state index in [9.17, 15) is 9.59 Å². The van der Waals surface area contributed by atoms with Gasteiger partial charge in [-0.05, 0) is 44.5 Å². The highest BCUT2D eigenvalue weighted by Crippen LogP contribution is 2.24. The van der Waals surface area contributed by atoms with Crippen LogP contribution in [0, 0.1) is 20.8 Å². The van der Waals surface area contributed by atoms with Crippen LogP contribution in [0.15, 0.2) is 41.2 Å². The van der Waals surface area contributed by atoms with E-state index in [-0.39, 0.29) is 22.8 Å². The van der Waals surface area contributed by atoms with E-state index >= 15 is 0 Å². The van der Waals surface area contributed by atoms with Gasteiger partial charge < -0.3 is 11.1 Å². The lowest BCUT2D eigenvalue weighted by molar-refractivity contribution is 0.102. The predicted octanol–water partition coefficient (Wildman–Crippen LogP) is 1.92. The molecule has 1 aromatic carbocycles. The molecule has 3 N–H and O–H groups in total. The molecule has 0 spiro atoms. The molecule has 0 saturated carbocycles. The van der Waals surface area contributed by atoms with Crippen molar-refractivity contribution in [1.29, 1.82) is 0 Å². The second-order valence-corrected chi connectivity index (χ2v) is 7.84. The van der Waals surface area contributed by atoms with Gasteiger partial charge in [0.05, 0.1) is 16.8 Å². The molecule has 0 aliphatic rings. The normalized spacial score (nSPS) is 11.4. The molecule has 0 saturated heterocycles. The van der Waals surface area contributed by atoms with Crippen molar-refractivity contribution in [2.45, 2.75) is 20.8 Å². The van der Waals surface area contributed by atoms with Gasteiger partial charge in [-0.3, -0.25) is 14.3 Å². The second-order valence-electron chi connectivity index (χ2n) is 7.84. The van der Waals surface area contributed by atoms with Crippen molar-refractivity contribution < 1.29 is 4.79 Å². The summed E-state index contributed by atoms with van der Waals surface area (Å²) >= 11 is 0. The second kappa shape index (κ2) is 7.26. The summed E-state index contributed by atoms with van der Waals surface area (Å²) in [6.07, 6.45) is 0. The highest BCUT2D eigenvalue weighted by atomic mass is 16.2. The first kappa shape index (κ1) is 20.4. The summed E-state index contributed by atoms with van der Waals surface area (Å²) in [6.45, 7) is 5.54. The molecule has 4 heterocycles. The van der Waals surface area contributed by atoms with Crippen molar-refractivity contribution in [1.82, 2.24) is 34.2 Å². The zero-order chi connectivity index (χ0) is 23.4. The van der Waals surface area contributed by atoms with Crippen LogP contribution in [-0.4, -0.2) is 40.1 Å². The molecule has 33 heavy (non-hydrogen) atoms. The number of fused-ring (bicyclic) bond motifs is 3. The van der Waals surface area contributed by atoms with Gasteiger partial charge in [-0.1, -0.05) is 18.2 Å². The fraction of sp³-hybridized carbons (Fsp3) is 0.182. The maximum atomic E-state index is 13.1. The van der Waals surface area contributed by atoms with Gasteiger partial charge in [-0.2, -0.15) is 4.52 Å². The fourth-order valence-electron chi connectivity index (χ4n) is 3.97. The van der Waals surface area contributed by atoms with E-state index in [2.05, 4.69) is 25.6 Å². The molecule has 11 heteroatoms. The molecule has 5 rings (SSSR count). The monoisotopic (exact) mass is 443 g/mol. The minimum Gasteiger partial charge on any atom is -0.382 e. The van der Waals surface area contributed by atoms with Gasteiger partial charge >= 0.3 is 0 Å². The number of nitrogens with zero attached hydrogens (tertiary/aromatic N) is 7. The van der Waals surface area contributed by atoms with Gasteiger partial charge in [0.25, 0.3) is 11.5 Å². The van der Waals surface area contributed by atoms with Crippen LogP contribution in [0.5, 0.6) is 0 Å². The van der Waals surface area contributed by atoms with Crippen molar-refractivity contribution >= 4 is 34.1 Å². The number of nitrogen functional groups attached to an aromatic ring is 1. The van der Waals surface area contributed by atoms with Crippen LogP contribution in [0.4, 0.5) is 11.5 Å². The van der Waals surface area contributed by atoms with Gasteiger partial charge in [0.15, 0.2) is 22.8 Å². The summed E-state index contributed by atoms with van der Waals surface area (Å²) < 4.78 is 4.49. The molecule has 0 fully saturated rings. The van der Waals surface area contributed by atoms with Crippen LogP contribution in [0.2, 0.25) is 0 Å². The molecular weight excluding hydrogens is 422 g/mol. The Hall–Kier alpha value is -4.54. The van der Waals surface area contributed by atoms with Gasteiger partial charge in [-0.25, -0.2) is 9.67 Å². The predicted molar refractivity (Wildman–Crippen MR) is 124 cm³/mol. The highest BCUT2D eigenvalue weighted by Gasteiger charge is 2.23. The first-order chi connectivity index (χ1) is 15.8. The Morgan fingerprint density at radius 3 is 2.55 bits per heavy atom. The number of benzene rings is 1. The molecule has 0 atom stereocenters. The first-order valence-electron chi connectivity index (χ1n) is 10.2. The van der Waals surface area contributed by atoms with Crippen molar-refractivity contribution in [2.75, 3.05) is 11.1 Å². The number of aromatic nitrogens is 7. The average Bonchev–Trinajstić information content (AvgIpc) is 3.26. The molecule has 0 bridgehead atoms. The fourth-order valence-corrected chi connectivity index (χ4v) is 3.97. The van der Waals surface area contributed by atoms with Crippen LogP contribution in [0.1, 0.15) is 27.4 Å². The molecule has 1 amide bonds. The highest BCUT2D eigenvalue weighted by molar-refractivity contribution is 6.06. The van der Waals surface area contributed by atoms with E-state index in [4.69, 9.17) is 5.73 Å². The van der Waals surface area contributed by atoms with E-state index in [1.54, 1.807) is 18.7 Å². The average molecular weight is 443 g/mol. The smallest absolute Gasteiger partial charge is 0.295 e. The lowest BCUT2D eigenvalue weighted by Crippen LogP contribution is -2.24. The molecule has 11 nitrogen and oxygen atoms in total. The number of hydrogen-bond donors (Lipinski definition) is 2. The standard InChI is InChI=1S/C22H21N9O2/c1-11-10-12(2)24-19-15(11)20-27-26-17(18(23)30(20)28-19)21(32)25-16-13(3)29(4)31(22(16)33)14-8-6-5-7-9-14/h5-10H,23H2,1-4H3,(H,25,32). The number of carbonyl (C=O) groups excluding carboxylic acids is 1. The van der Waals surface area contributed by atoms with E-state index in [1.165, 1.54) is 9.20 Å². The lowest BCUT2D eigenvalue weighted by Gasteiger charge is -2.07. The summed E-state index contributed by atoms with van der Waals surface area (Å²) in [5.74, 6) is -0.655. The van der Waals surface area contributed by atoms with E-state index in [0.29, 0.717) is 22.7 Å². The third-order valence-corrected chi connectivity index (χ3v) is 5.67. The molecule has 0 radical (unpaired) electrons. The topological polar surface area (TPSA) is 138 Å². The number of para-hydroxylation sites is 1. The summed E-state index contributed by atoms with van der Waals surface area (Å²) in [4.78, 5) is 30.6. The van der Waals surface area contributed by atoms with Gasteiger partial charge in [0.2, 0.25) is 0 Å². The molecular formula is C22H21N9O2. The summed E-state index contributed by atoms with van der Waals surface area (Å²) in [5.41, 5.74) is 9.73. The zero-order valence-electron chi connectivity index (χ0n) is 18.5. The number of anilines is 2. The number of aryl methyl sites for hydroxylation is 2. The van der Waals surface area contributed by atoms with E-state index in [1.807, 2.05) is 50.2 Å². The minimum absolute atomic E-state index is 0.00419. The number of pyridine rings is 1. The quantitative estimate of drug-likeness (QED) is 0.434. The largest absolute Gasteiger partial charge is 0.382 e. The number of carbonyl (C=O) groups is 1. The Morgan fingerprint density at radius 2 is 1.82 bits per heavy atom. The number of hydrogen-bond acceptors (Lipinski definition) is 7. The Balaban J connectivity index is 1.58. The maximum Gasteiger partial charge on any atom is 0.295 e.